The molecule has 2 aliphatic heterocycles. The molecular formula is C18H26ClN3O3. The van der Waals surface area contributed by atoms with E-state index in [0.717, 1.165) is 18.7 Å². The fraction of sp³-hybridized carbons (Fsp3) is 0.611. The van der Waals surface area contributed by atoms with Crippen molar-refractivity contribution in [3.05, 3.63) is 34.9 Å². The lowest BCUT2D eigenvalue weighted by Gasteiger charge is -2.36. The number of carbonyl (C=O) groups is 1. The molecule has 2 fully saturated rings. The van der Waals surface area contributed by atoms with Crippen LogP contribution >= 0.6 is 11.6 Å². The van der Waals surface area contributed by atoms with E-state index in [1.54, 1.807) is 0 Å². The van der Waals surface area contributed by atoms with E-state index < -0.39 is 5.54 Å². The van der Waals surface area contributed by atoms with Crippen LogP contribution in [-0.2, 0) is 14.3 Å². The number of hydrogen-bond acceptors (Lipinski definition) is 5. The van der Waals surface area contributed by atoms with Gasteiger partial charge < -0.3 is 20.5 Å². The first-order valence-corrected chi connectivity index (χ1v) is 9.18. The van der Waals surface area contributed by atoms with Crippen molar-refractivity contribution in [1.82, 2.24) is 10.2 Å². The van der Waals surface area contributed by atoms with Crippen molar-refractivity contribution in [2.45, 2.75) is 24.4 Å². The summed E-state index contributed by atoms with van der Waals surface area (Å²) < 4.78 is 10.8. The maximum atomic E-state index is 12.6. The number of nitrogens with zero attached hydrogens (tertiary/aromatic N) is 1. The highest BCUT2D eigenvalue weighted by atomic mass is 35.5. The Morgan fingerprint density at radius 2 is 1.76 bits per heavy atom. The zero-order chi connectivity index (χ0) is 17.7. The van der Waals surface area contributed by atoms with Gasteiger partial charge in [-0.2, -0.15) is 0 Å². The Labute approximate surface area is 153 Å². The van der Waals surface area contributed by atoms with Gasteiger partial charge in [0, 0.05) is 37.9 Å². The Kier molecular flexibility index (Phi) is 6.30. The Hall–Kier alpha value is -1.18. The number of nitrogens with two attached hydrogens (primary N) is 1. The molecule has 0 spiro atoms. The zero-order valence-corrected chi connectivity index (χ0v) is 15.1. The Morgan fingerprint density at radius 3 is 2.40 bits per heavy atom. The fourth-order valence-corrected chi connectivity index (χ4v) is 3.49. The molecule has 3 N–H and O–H groups in total. The van der Waals surface area contributed by atoms with Crippen LogP contribution in [0.15, 0.2) is 24.3 Å². The van der Waals surface area contributed by atoms with Gasteiger partial charge in [-0.3, -0.25) is 9.69 Å². The molecule has 1 atom stereocenters. The maximum absolute atomic E-state index is 12.6. The van der Waals surface area contributed by atoms with E-state index in [-0.39, 0.29) is 11.9 Å². The van der Waals surface area contributed by atoms with Gasteiger partial charge >= 0.3 is 0 Å². The van der Waals surface area contributed by atoms with Crippen molar-refractivity contribution in [3.63, 3.8) is 0 Å². The van der Waals surface area contributed by atoms with Crippen molar-refractivity contribution >= 4 is 17.5 Å². The van der Waals surface area contributed by atoms with Gasteiger partial charge in [0.15, 0.2) is 0 Å². The lowest BCUT2D eigenvalue weighted by atomic mass is 9.90. The predicted octanol–water partition coefficient (Wildman–Crippen LogP) is 1.34. The van der Waals surface area contributed by atoms with Gasteiger partial charge in [0.05, 0.1) is 24.8 Å². The van der Waals surface area contributed by atoms with E-state index in [2.05, 4.69) is 10.2 Å². The summed E-state index contributed by atoms with van der Waals surface area (Å²) in [5.74, 6) is -0.0944. The van der Waals surface area contributed by atoms with Crippen molar-refractivity contribution in [3.8, 4) is 0 Å². The van der Waals surface area contributed by atoms with Crippen LogP contribution in [0, 0.1) is 0 Å². The zero-order valence-electron chi connectivity index (χ0n) is 14.4. The molecule has 1 aromatic rings. The molecule has 3 rings (SSSR count). The molecule has 0 aliphatic carbocycles. The van der Waals surface area contributed by atoms with Gasteiger partial charge in [0.1, 0.15) is 0 Å². The molecule has 1 unspecified atom stereocenters. The summed E-state index contributed by atoms with van der Waals surface area (Å²) >= 11 is 6.02. The summed E-state index contributed by atoms with van der Waals surface area (Å²) in [6.45, 7) is 4.67. The second-order valence-corrected chi connectivity index (χ2v) is 7.13. The minimum atomic E-state index is -0.826. The van der Waals surface area contributed by atoms with Gasteiger partial charge in [-0.25, -0.2) is 0 Å². The molecule has 1 aromatic carbocycles. The van der Waals surface area contributed by atoms with Crippen LogP contribution in [0.5, 0.6) is 0 Å². The standard InChI is InChI=1S/C18H26ClN3O3/c19-15-3-1-14(2-4-15)16(22-7-11-25-12-8-22)13-21-17(23)18(20)5-9-24-10-6-18/h1-4,16H,5-13,20H2,(H,21,23). The molecule has 138 valence electrons. The highest BCUT2D eigenvalue weighted by molar-refractivity contribution is 6.30. The first kappa shape index (κ1) is 18.6. The maximum Gasteiger partial charge on any atom is 0.240 e. The molecule has 25 heavy (non-hydrogen) atoms. The number of rotatable bonds is 5. The van der Waals surface area contributed by atoms with Crippen molar-refractivity contribution in [2.75, 3.05) is 46.1 Å². The van der Waals surface area contributed by atoms with Crippen molar-refractivity contribution < 1.29 is 14.3 Å². The summed E-state index contributed by atoms with van der Waals surface area (Å²) in [6, 6.07) is 7.88. The molecule has 0 bridgehead atoms. The first-order chi connectivity index (χ1) is 12.1. The lowest BCUT2D eigenvalue weighted by Crippen LogP contribution is -2.58. The van der Waals surface area contributed by atoms with Crippen LogP contribution in [0.25, 0.3) is 0 Å². The van der Waals surface area contributed by atoms with Crippen LogP contribution < -0.4 is 11.1 Å². The molecule has 0 aromatic heterocycles. The number of halogens is 1. The van der Waals surface area contributed by atoms with Gasteiger partial charge in [-0.1, -0.05) is 23.7 Å². The third kappa shape index (κ3) is 4.71. The molecule has 2 aliphatic rings. The number of hydrogen-bond donors (Lipinski definition) is 2. The van der Waals surface area contributed by atoms with Crippen LogP contribution in [0.1, 0.15) is 24.4 Å². The molecule has 1 amide bonds. The van der Waals surface area contributed by atoms with Crippen LogP contribution in [0.2, 0.25) is 5.02 Å². The highest BCUT2D eigenvalue weighted by Gasteiger charge is 2.36. The molecule has 2 heterocycles. The average Bonchev–Trinajstić information content (AvgIpc) is 2.64. The average molecular weight is 368 g/mol. The van der Waals surface area contributed by atoms with Gasteiger partial charge in [-0.15, -0.1) is 0 Å². The molecular weight excluding hydrogens is 342 g/mol. The topological polar surface area (TPSA) is 76.8 Å². The highest BCUT2D eigenvalue weighted by Crippen LogP contribution is 2.24. The summed E-state index contributed by atoms with van der Waals surface area (Å²) in [6.07, 6.45) is 1.12. The Balaban J connectivity index is 1.68. The predicted molar refractivity (Wildman–Crippen MR) is 96.6 cm³/mol. The second-order valence-electron chi connectivity index (χ2n) is 6.69. The number of benzene rings is 1. The number of nitrogens with one attached hydrogen (secondary N) is 1. The minimum absolute atomic E-state index is 0.0774. The van der Waals surface area contributed by atoms with E-state index in [4.69, 9.17) is 26.8 Å². The fourth-order valence-electron chi connectivity index (χ4n) is 3.36. The number of ether oxygens (including phenoxy) is 2. The summed E-state index contributed by atoms with van der Waals surface area (Å²) in [5, 5.41) is 3.77. The van der Waals surface area contributed by atoms with E-state index in [1.807, 2.05) is 24.3 Å². The van der Waals surface area contributed by atoms with Gasteiger partial charge in [0.2, 0.25) is 5.91 Å². The number of amides is 1. The quantitative estimate of drug-likeness (QED) is 0.821. The van der Waals surface area contributed by atoms with Crippen molar-refractivity contribution in [2.24, 2.45) is 5.73 Å². The largest absolute Gasteiger partial charge is 0.381 e. The number of morpholine rings is 1. The Bertz CT molecular complexity index is 569. The molecule has 0 radical (unpaired) electrons. The van der Waals surface area contributed by atoms with E-state index in [1.165, 1.54) is 0 Å². The molecule has 2 saturated heterocycles. The monoisotopic (exact) mass is 367 g/mol. The van der Waals surface area contributed by atoms with Crippen LogP contribution in [0.3, 0.4) is 0 Å². The summed E-state index contributed by atoms with van der Waals surface area (Å²) in [5.41, 5.74) is 6.59. The normalized spacial score (nSPS) is 22.3. The van der Waals surface area contributed by atoms with E-state index in [9.17, 15) is 4.79 Å². The lowest BCUT2D eigenvalue weighted by molar-refractivity contribution is -0.130. The summed E-state index contributed by atoms with van der Waals surface area (Å²) in [4.78, 5) is 15.0. The Morgan fingerprint density at radius 1 is 1.16 bits per heavy atom. The third-order valence-electron chi connectivity index (χ3n) is 5.03. The SMILES string of the molecule is NC1(C(=O)NCC(c2ccc(Cl)cc2)N2CCOCC2)CCOCC1. The number of carbonyl (C=O) groups excluding carboxylic acids is 1. The van der Waals surface area contributed by atoms with Crippen LogP contribution in [-0.4, -0.2) is 62.4 Å². The smallest absolute Gasteiger partial charge is 0.240 e. The first-order valence-electron chi connectivity index (χ1n) is 8.81. The van der Waals surface area contributed by atoms with E-state index in [0.29, 0.717) is 50.8 Å². The third-order valence-corrected chi connectivity index (χ3v) is 5.29. The van der Waals surface area contributed by atoms with Crippen molar-refractivity contribution in [1.29, 1.82) is 0 Å². The molecule has 0 saturated carbocycles. The van der Waals surface area contributed by atoms with Gasteiger partial charge in [-0.05, 0) is 30.5 Å². The molecule has 7 heteroatoms. The molecule has 6 nitrogen and oxygen atoms in total. The van der Waals surface area contributed by atoms with Gasteiger partial charge in [0.25, 0.3) is 0 Å². The summed E-state index contributed by atoms with van der Waals surface area (Å²) in [7, 11) is 0. The minimum Gasteiger partial charge on any atom is -0.381 e. The van der Waals surface area contributed by atoms with E-state index >= 15 is 0 Å². The second kappa shape index (κ2) is 8.47. The van der Waals surface area contributed by atoms with Crippen LogP contribution in [0.4, 0.5) is 0 Å².